The van der Waals surface area contributed by atoms with E-state index in [9.17, 15) is 5.11 Å². The van der Waals surface area contributed by atoms with E-state index in [1.807, 2.05) is 54.6 Å². The molecule has 8 aromatic rings. The van der Waals surface area contributed by atoms with E-state index in [0.717, 1.165) is 107 Å². The van der Waals surface area contributed by atoms with Gasteiger partial charge in [-0.1, -0.05) is 159 Å². The van der Waals surface area contributed by atoms with Crippen molar-refractivity contribution < 1.29 is 22.4 Å². The van der Waals surface area contributed by atoms with Gasteiger partial charge in [0, 0.05) is 22.7 Å². The van der Waals surface area contributed by atoms with Crippen LogP contribution in [0.25, 0.3) is 84.4 Å². The predicted octanol–water partition coefficient (Wildman–Crippen LogP) is 12.8. The van der Waals surface area contributed by atoms with E-state index in [1.165, 1.54) is 0 Å². The van der Waals surface area contributed by atoms with Crippen LogP contribution in [0.4, 0.5) is 0 Å². The quantitative estimate of drug-likeness (QED) is 0.176. The molecule has 2 aliphatic heterocycles. The first-order valence-corrected chi connectivity index (χ1v) is 23.2. The normalized spacial score (nSPS) is 14.5. The summed E-state index contributed by atoms with van der Waals surface area (Å²) in [6.45, 7) is 2.07. The van der Waals surface area contributed by atoms with Crippen LogP contribution in [0.5, 0.6) is 0 Å². The van der Waals surface area contributed by atoms with E-state index in [1.54, 1.807) is 0 Å². The van der Waals surface area contributed by atoms with Crippen LogP contribution in [0.3, 0.4) is 0 Å². The van der Waals surface area contributed by atoms with Crippen LogP contribution in [0.2, 0.25) is 0 Å². The Balaban J connectivity index is 0.00000215. The van der Waals surface area contributed by atoms with Crippen molar-refractivity contribution in [3.05, 3.63) is 199 Å². The summed E-state index contributed by atoms with van der Waals surface area (Å²) in [5.74, 6) is -0.322. The van der Waals surface area contributed by atoms with Gasteiger partial charge in [0.1, 0.15) is 6.10 Å². The van der Waals surface area contributed by atoms with Crippen LogP contribution in [0, 0.1) is 0 Å². The van der Waals surface area contributed by atoms with Crippen LogP contribution in [-0.4, -0.2) is 19.6 Å². The first-order chi connectivity index (χ1) is 28.6. The average molecular weight is 823 g/mol. The Kier molecular flexibility index (Phi) is 10.6. The number of halogens is 1. The van der Waals surface area contributed by atoms with Gasteiger partial charge in [-0.3, -0.25) is 4.98 Å². The van der Waals surface area contributed by atoms with Crippen molar-refractivity contribution in [1.82, 2.24) is 19.5 Å². The van der Waals surface area contributed by atoms with Gasteiger partial charge < -0.3 is 14.7 Å². The Morgan fingerprint density at radius 3 is 1.43 bits per heavy atom. The molecule has 2 aliphatic rings. The van der Waals surface area contributed by atoms with Gasteiger partial charge in [0.15, 0.2) is 0 Å². The van der Waals surface area contributed by atoms with Crippen LogP contribution in [0.15, 0.2) is 176 Å². The zero-order chi connectivity index (χ0) is 39.6. The molecule has 5 nitrogen and oxygen atoms in total. The van der Waals surface area contributed by atoms with Crippen molar-refractivity contribution in [3.63, 3.8) is 0 Å². The van der Waals surface area contributed by atoms with E-state index in [0.29, 0.717) is 5.69 Å². The number of fused-ring (bicyclic) bond motifs is 8. The summed E-state index contributed by atoms with van der Waals surface area (Å²) < 4.78 is 2.30. The molecule has 7 heteroatoms. The summed E-state index contributed by atoms with van der Waals surface area (Å²) in [5, 5.41) is 12.4. The Morgan fingerprint density at radius 2 is 0.897 bits per heavy atom. The molecule has 3 aromatic heterocycles. The second-order valence-electron chi connectivity index (χ2n) is 14.3. The summed E-state index contributed by atoms with van der Waals surface area (Å²) in [6, 6.07) is 60.5. The second-order valence-corrected chi connectivity index (χ2v) is 14.3. The summed E-state index contributed by atoms with van der Waals surface area (Å²) in [5.41, 5.74) is 15.3. The number of hydrogen-bond acceptors (Lipinski definition) is 3. The van der Waals surface area contributed by atoms with Crippen LogP contribution in [0.1, 0.15) is 41.7 Å². The Hall–Kier alpha value is -6.17. The molecular formula is C51H37ClN4OZn. The standard InChI is InChI=1S/C51H37N4O.ClH.Zn/c1-33-49-47(36-21-11-4-12-22-36)42-30-28-40(53-42)45(34-17-7-2-8-18-34)39-27-29-41(52-39)46(35-19-9-3-10-20-35)43-31-32-44(55(43)38-25-15-6-16-26-38)48(50(54-49)51(33)56)37-23-13-5-14-24-37;;/h2-33,51,56H,1H3;1H;/q-1;;+2/p-1/t33-,51+;;/m0../s1. The summed E-state index contributed by atoms with van der Waals surface area (Å²) in [7, 11) is 4.76. The van der Waals surface area contributed by atoms with Crippen molar-refractivity contribution in [2.24, 2.45) is 0 Å². The fourth-order valence-electron chi connectivity index (χ4n) is 8.26. The minimum absolute atomic E-state index is 0.322. The summed E-state index contributed by atoms with van der Waals surface area (Å²) >= 11 is 0.847. The Labute approximate surface area is 351 Å². The van der Waals surface area contributed by atoms with Crippen molar-refractivity contribution in [2.45, 2.75) is 18.9 Å². The van der Waals surface area contributed by atoms with Crippen LogP contribution in [-0.2, 0) is 17.3 Å². The Morgan fingerprint density at radius 1 is 0.483 bits per heavy atom. The van der Waals surface area contributed by atoms with Crippen LogP contribution >= 0.6 is 9.69 Å². The van der Waals surface area contributed by atoms with Gasteiger partial charge in [-0.2, -0.15) is 0 Å². The zero-order valence-corrected chi connectivity index (χ0v) is 35.6. The van der Waals surface area contributed by atoms with Crippen molar-refractivity contribution in [1.29, 1.82) is 0 Å². The minimum atomic E-state index is -0.880. The van der Waals surface area contributed by atoms with Crippen LogP contribution < -0.4 is 4.98 Å². The molecule has 10 rings (SSSR count). The number of para-hydroxylation sites is 1. The molecule has 0 fully saturated rings. The first-order valence-electron chi connectivity index (χ1n) is 19.3. The van der Waals surface area contributed by atoms with Crippen molar-refractivity contribution in [3.8, 4) is 50.2 Å². The molecule has 0 saturated heterocycles. The number of aromatic nitrogens is 4. The maximum atomic E-state index is 12.4. The molecule has 0 aliphatic carbocycles. The van der Waals surface area contributed by atoms with Gasteiger partial charge in [0.2, 0.25) is 0 Å². The van der Waals surface area contributed by atoms with E-state index in [2.05, 4.69) is 145 Å². The second kappa shape index (κ2) is 16.4. The van der Waals surface area contributed by atoms with Gasteiger partial charge in [-0.15, -0.1) is 11.0 Å². The molecule has 1 N–H and O–H groups in total. The third kappa shape index (κ3) is 6.74. The summed E-state index contributed by atoms with van der Waals surface area (Å²) in [6.07, 6.45) is 3.36. The molecule has 5 heterocycles. The monoisotopic (exact) mass is 820 g/mol. The number of hydrogen-bond donors (Lipinski definition) is 1. The molecule has 2 atom stereocenters. The number of aliphatic hydroxyl groups excluding tert-OH is 1. The third-order valence-corrected chi connectivity index (χ3v) is 10.9. The fraction of sp³-hybridized carbons (Fsp3) is 0.0588. The molecule has 0 saturated carbocycles. The topological polar surface area (TPSA) is 65.0 Å². The molecule has 5 aromatic carbocycles. The third-order valence-electron chi connectivity index (χ3n) is 10.9. The SMILES string of the molecule is C[C@H]1c2nc(c(-c3ccccc3)c3ccc(c(-c4ccccc4)c4nc(c(-c5ccccc5)c5ccc([n-]5)c2-c2ccccc2)C=C4)n3-c2ccccc2)[C@@H]1O.[Cl][Zn+]. The average Bonchev–Trinajstić information content (AvgIpc) is 4.11. The van der Waals surface area contributed by atoms with E-state index in [4.69, 9.17) is 24.6 Å². The molecule has 0 unspecified atom stereocenters. The van der Waals surface area contributed by atoms with Gasteiger partial charge in [-0.25, -0.2) is 4.98 Å². The van der Waals surface area contributed by atoms with Gasteiger partial charge in [0.25, 0.3) is 0 Å². The van der Waals surface area contributed by atoms with E-state index >= 15 is 0 Å². The van der Waals surface area contributed by atoms with Gasteiger partial charge in [0.05, 0.1) is 33.8 Å². The van der Waals surface area contributed by atoms with Crippen molar-refractivity contribution >= 4 is 43.9 Å². The van der Waals surface area contributed by atoms with E-state index < -0.39 is 6.10 Å². The van der Waals surface area contributed by atoms with Gasteiger partial charge in [-0.05, 0) is 69.8 Å². The molecule has 0 spiro atoms. The molecular weight excluding hydrogens is 785 g/mol. The predicted molar refractivity (Wildman–Crippen MR) is 235 cm³/mol. The van der Waals surface area contributed by atoms with E-state index in [-0.39, 0.29) is 5.92 Å². The zero-order valence-electron chi connectivity index (χ0n) is 31.9. The summed E-state index contributed by atoms with van der Waals surface area (Å²) in [4.78, 5) is 16.3. The van der Waals surface area contributed by atoms with Crippen molar-refractivity contribution in [2.75, 3.05) is 0 Å². The fourth-order valence-corrected chi connectivity index (χ4v) is 8.26. The number of rotatable bonds is 5. The number of nitrogens with zero attached hydrogens (tertiary/aromatic N) is 4. The molecule has 58 heavy (non-hydrogen) atoms. The first kappa shape index (κ1) is 37.4. The molecule has 8 bridgehead atoms. The molecule has 276 valence electrons. The van der Waals surface area contributed by atoms with Gasteiger partial charge >= 0.3 is 27.0 Å². The maximum absolute atomic E-state index is 12.4. The number of aliphatic hydroxyl groups is 1. The molecule has 0 radical (unpaired) electrons. The molecule has 0 amide bonds. The number of benzene rings is 5. The Bertz CT molecular complexity index is 2930.